The van der Waals surface area contributed by atoms with Gasteiger partial charge < -0.3 is 14.2 Å². The molecule has 162 valence electrons. The van der Waals surface area contributed by atoms with Crippen molar-refractivity contribution in [2.24, 2.45) is 0 Å². The minimum absolute atomic E-state index is 0.125. The second-order valence-corrected chi connectivity index (χ2v) is 7.69. The third kappa shape index (κ3) is 4.74. The fourth-order valence-electron chi connectivity index (χ4n) is 3.73. The summed E-state index contributed by atoms with van der Waals surface area (Å²) in [6.07, 6.45) is 0.548. The zero-order valence-corrected chi connectivity index (χ0v) is 18.1. The molecule has 3 rings (SSSR count). The number of urea groups is 1. The summed E-state index contributed by atoms with van der Waals surface area (Å²) in [6, 6.07) is 11.7. The average molecular weight is 415 g/mol. The molecule has 2 aromatic rings. The van der Waals surface area contributed by atoms with Gasteiger partial charge in [0.1, 0.15) is 19.6 Å². The molecule has 2 aromatic carbocycles. The lowest BCUT2D eigenvalue weighted by atomic mass is 9.94. The van der Waals surface area contributed by atoms with Crippen LogP contribution in [-0.4, -0.2) is 68.7 Å². The number of esters is 1. The topological polar surface area (TPSA) is 68.3 Å². The van der Waals surface area contributed by atoms with E-state index in [1.165, 1.54) is 29.6 Å². The SMILES string of the molecule is CCC(C)c1ccc2cccc(C(=O)OC3CN(COC)C(=O)N(COC)C3)c2c1. The molecule has 1 aliphatic heterocycles. The van der Waals surface area contributed by atoms with Crippen LogP contribution in [0.1, 0.15) is 42.1 Å². The Hall–Kier alpha value is -2.64. The van der Waals surface area contributed by atoms with Gasteiger partial charge in [0.25, 0.3) is 0 Å². The van der Waals surface area contributed by atoms with Gasteiger partial charge in [0.05, 0.1) is 18.7 Å². The summed E-state index contributed by atoms with van der Waals surface area (Å²) < 4.78 is 16.1. The predicted molar refractivity (Wildman–Crippen MR) is 114 cm³/mol. The molecular formula is C23H30N2O5. The maximum Gasteiger partial charge on any atom is 0.339 e. The van der Waals surface area contributed by atoms with E-state index in [1.807, 2.05) is 18.2 Å². The van der Waals surface area contributed by atoms with Gasteiger partial charge >= 0.3 is 12.0 Å². The van der Waals surface area contributed by atoms with Crippen molar-refractivity contribution in [1.29, 1.82) is 0 Å². The van der Waals surface area contributed by atoms with Crippen molar-refractivity contribution in [2.45, 2.75) is 32.3 Å². The molecule has 1 unspecified atom stereocenters. The quantitative estimate of drug-likeness (QED) is 0.614. The molecule has 2 amide bonds. The minimum atomic E-state index is -0.478. The van der Waals surface area contributed by atoms with Crippen molar-refractivity contribution in [3.05, 3.63) is 47.5 Å². The first kappa shape index (κ1) is 22.1. The van der Waals surface area contributed by atoms with Crippen molar-refractivity contribution in [1.82, 2.24) is 9.80 Å². The van der Waals surface area contributed by atoms with Gasteiger partial charge in [0, 0.05) is 14.2 Å². The number of ether oxygens (including phenoxy) is 3. The maximum absolute atomic E-state index is 13.1. The molecule has 30 heavy (non-hydrogen) atoms. The predicted octanol–water partition coefficient (Wildman–Crippen LogP) is 3.82. The molecule has 0 radical (unpaired) electrons. The zero-order chi connectivity index (χ0) is 21.7. The summed E-state index contributed by atoms with van der Waals surface area (Å²) in [7, 11) is 3.04. The van der Waals surface area contributed by atoms with E-state index in [0.717, 1.165) is 17.2 Å². The van der Waals surface area contributed by atoms with Crippen LogP contribution < -0.4 is 0 Å². The van der Waals surface area contributed by atoms with E-state index in [-0.39, 0.29) is 32.6 Å². The van der Waals surface area contributed by atoms with E-state index in [0.29, 0.717) is 11.5 Å². The summed E-state index contributed by atoms with van der Waals surface area (Å²) in [5.41, 5.74) is 1.73. The van der Waals surface area contributed by atoms with Crippen LogP contribution in [0.25, 0.3) is 10.8 Å². The summed E-state index contributed by atoms with van der Waals surface area (Å²) in [6.45, 7) is 5.13. The molecule has 0 spiro atoms. The Kier molecular flexibility index (Phi) is 7.29. The van der Waals surface area contributed by atoms with Crippen molar-refractivity contribution in [2.75, 3.05) is 40.8 Å². The van der Waals surface area contributed by atoms with E-state index in [2.05, 4.69) is 26.0 Å². The lowest BCUT2D eigenvalue weighted by Crippen LogP contribution is -2.57. The number of amides is 2. The maximum atomic E-state index is 13.1. The molecule has 0 N–H and O–H groups in total. The van der Waals surface area contributed by atoms with Crippen LogP contribution in [-0.2, 0) is 14.2 Å². The zero-order valence-electron chi connectivity index (χ0n) is 18.1. The molecular weight excluding hydrogens is 384 g/mol. The third-order valence-corrected chi connectivity index (χ3v) is 5.54. The molecule has 1 atom stereocenters. The molecule has 1 fully saturated rings. The van der Waals surface area contributed by atoms with Crippen molar-refractivity contribution < 1.29 is 23.8 Å². The van der Waals surface area contributed by atoms with Crippen molar-refractivity contribution in [3.8, 4) is 0 Å². The van der Waals surface area contributed by atoms with Crippen molar-refractivity contribution >= 4 is 22.8 Å². The van der Waals surface area contributed by atoms with E-state index >= 15 is 0 Å². The highest BCUT2D eigenvalue weighted by Crippen LogP contribution is 2.27. The smallest absolute Gasteiger partial charge is 0.339 e. The Balaban J connectivity index is 1.84. The van der Waals surface area contributed by atoms with E-state index in [1.54, 1.807) is 6.07 Å². The van der Waals surface area contributed by atoms with Gasteiger partial charge in [0.15, 0.2) is 0 Å². The van der Waals surface area contributed by atoms with E-state index < -0.39 is 12.1 Å². The van der Waals surface area contributed by atoms with Crippen LogP contribution in [0.15, 0.2) is 36.4 Å². The van der Waals surface area contributed by atoms with Crippen LogP contribution >= 0.6 is 0 Å². The monoisotopic (exact) mass is 414 g/mol. The second-order valence-electron chi connectivity index (χ2n) is 7.69. The number of hydrogen-bond donors (Lipinski definition) is 0. The Bertz CT molecular complexity index is 882. The third-order valence-electron chi connectivity index (χ3n) is 5.54. The Morgan fingerprint density at radius 1 is 1.10 bits per heavy atom. The normalized spacial score (nSPS) is 16.2. The van der Waals surface area contributed by atoms with Crippen LogP contribution in [0, 0.1) is 0 Å². The number of methoxy groups -OCH3 is 2. The molecule has 1 aliphatic rings. The first-order chi connectivity index (χ1) is 14.5. The summed E-state index contributed by atoms with van der Waals surface area (Å²) >= 11 is 0. The average Bonchev–Trinajstić information content (AvgIpc) is 2.75. The Morgan fingerprint density at radius 3 is 2.37 bits per heavy atom. The van der Waals surface area contributed by atoms with Gasteiger partial charge in [-0.2, -0.15) is 0 Å². The number of benzene rings is 2. The van der Waals surface area contributed by atoms with Gasteiger partial charge in [0.2, 0.25) is 0 Å². The first-order valence-electron chi connectivity index (χ1n) is 10.2. The molecule has 0 saturated carbocycles. The fourth-order valence-corrected chi connectivity index (χ4v) is 3.73. The number of nitrogens with zero attached hydrogens (tertiary/aromatic N) is 2. The standard InChI is InChI=1S/C23H30N2O5/c1-5-16(2)18-10-9-17-7-6-8-20(21(17)11-18)22(26)30-19-12-24(14-28-3)23(27)25(13-19)15-29-4/h6-11,16,19H,5,12-15H2,1-4H3. The van der Waals surface area contributed by atoms with Crippen molar-refractivity contribution in [3.63, 3.8) is 0 Å². The van der Waals surface area contributed by atoms with Gasteiger partial charge in [-0.15, -0.1) is 0 Å². The first-order valence-corrected chi connectivity index (χ1v) is 10.2. The molecule has 0 aromatic heterocycles. The molecule has 7 nitrogen and oxygen atoms in total. The number of hydrogen-bond acceptors (Lipinski definition) is 5. The largest absolute Gasteiger partial charge is 0.455 e. The number of rotatable bonds is 8. The molecule has 1 saturated heterocycles. The lowest BCUT2D eigenvalue weighted by Gasteiger charge is -2.38. The highest BCUT2D eigenvalue weighted by Gasteiger charge is 2.34. The van der Waals surface area contributed by atoms with Crippen LogP contribution in [0.5, 0.6) is 0 Å². The van der Waals surface area contributed by atoms with E-state index in [9.17, 15) is 9.59 Å². The number of carbonyl (C=O) groups is 2. The Labute approximate surface area is 177 Å². The summed E-state index contributed by atoms with van der Waals surface area (Å²) in [5.74, 6) is 0.0176. The molecule has 0 bridgehead atoms. The molecule has 0 aliphatic carbocycles. The molecule has 1 heterocycles. The molecule has 7 heteroatoms. The highest BCUT2D eigenvalue weighted by molar-refractivity contribution is 6.04. The number of carbonyl (C=O) groups excluding carboxylic acids is 2. The van der Waals surface area contributed by atoms with E-state index in [4.69, 9.17) is 14.2 Å². The number of fused-ring (bicyclic) bond motifs is 1. The van der Waals surface area contributed by atoms with Crippen LogP contribution in [0.2, 0.25) is 0 Å². The summed E-state index contributed by atoms with van der Waals surface area (Å²) in [5, 5.41) is 1.88. The lowest BCUT2D eigenvalue weighted by molar-refractivity contribution is -0.0401. The van der Waals surface area contributed by atoms with Crippen LogP contribution in [0.4, 0.5) is 4.79 Å². The van der Waals surface area contributed by atoms with Gasteiger partial charge in [-0.1, -0.05) is 44.2 Å². The van der Waals surface area contributed by atoms with Crippen LogP contribution in [0.3, 0.4) is 0 Å². The van der Waals surface area contributed by atoms with Gasteiger partial charge in [-0.3, -0.25) is 9.80 Å². The fraction of sp³-hybridized carbons (Fsp3) is 0.478. The van der Waals surface area contributed by atoms with Gasteiger partial charge in [-0.05, 0) is 34.7 Å². The highest BCUT2D eigenvalue weighted by atomic mass is 16.5. The Morgan fingerprint density at radius 2 is 1.77 bits per heavy atom. The second kappa shape index (κ2) is 9.91. The summed E-state index contributed by atoms with van der Waals surface area (Å²) in [4.78, 5) is 28.6. The van der Waals surface area contributed by atoms with Gasteiger partial charge in [-0.25, -0.2) is 9.59 Å². The minimum Gasteiger partial charge on any atom is -0.455 e.